The molecule has 0 aliphatic carbocycles. The van der Waals surface area contributed by atoms with E-state index in [1.807, 2.05) is 25.3 Å². The largest absolute Gasteiger partial charge is 0.494 e. The van der Waals surface area contributed by atoms with Crippen molar-refractivity contribution >= 4 is 10.9 Å². The Bertz CT molecular complexity index is 673. The fourth-order valence-electron chi connectivity index (χ4n) is 2.05. The maximum atomic E-state index is 5.52. The standard InChI is InChI=1S/C15H14N2O/c1-2-18-14-5-3-4-11(8-14)12-6-7-13-10-16-17-15(13)9-12/h3-10H,2H2,1H3,(H,16,17). The highest BCUT2D eigenvalue weighted by atomic mass is 16.5. The molecule has 3 rings (SSSR count). The maximum absolute atomic E-state index is 5.52. The topological polar surface area (TPSA) is 37.9 Å². The average Bonchev–Trinajstić information content (AvgIpc) is 2.86. The Morgan fingerprint density at radius 2 is 2.00 bits per heavy atom. The van der Waals surface area contributed by atoms with Crippen molar-refractivity contribution in [2.45, 2.75) is 6.92 Å². The molecule has 0 atom stereocenters. The quantitative estimate of drug-likeness (QED) is 0.756. The molecule has 0 bridgehead atoms. The van der Waals surface area contributed by atoms with Gasteiger partial charge in [0.15, 0.2) is 0 Å². The molecule has 1 N–H and O–H groups in total. The summed E-state index contributed by atoms with van der Waals surface area (Å²) in [6.45, 7) is 2.67. The Hall–Kier alpha value is -2.29. The molecule has 0 aliphatic rings. The number of benzene rings is 2. The molecule has 0 radical (unpaired) electrons. The molecule has 18 heavy (non-hydrogen) atoms. The van der Waals surface area contributed by atoms with Crippen molar-refractivity contribution in [3.05, 3.63) is 48.7 Å². The highest BCUT2D eigenvalue weighted by Gasteiger charge is 2.02. The molecule has 90 valence electrons. The van der Waals surface area contributed by atoms with Crippen molar-refractivity contribution in [2.75, 3.05) is 6.61 Å². The van der Waals surface area contributed by atoms with Crippen molar-refractivity contribution in [3.63, 3.8) is 0 Å². The van der Waals surface area contributed by atoms with E-state index in [9.17, 15) is 0 Å². The molecule has 0 saturated carbocycles. The van der Waals surface area contributed by atoms with Gasteiger partial charge in [-0.25, -0.2) is 0 Å². The monoisotopic (exact) mass is 238 g/mol. The van der Waals surface area contributed by atoms with Crippen molar-refractivity contribution in [3.8, 4) is 16.9 Å². The summed E-state index contributed by atoms with van der Waals surface area (Å²) in [6.07, 6.45) is 1.83. The molecule has 3 aromatic rings. The lowest BCUT2D eigenvalue weighted by molar-refractivity contribution is 0.340. The summed E-state index contributed by atoms with van der Waals surface area (Å²) in [4.78, 5) is 0. The molecule has 0 fully saturated rings. The van der Waals surface area contributed by atoms with Crippen LogP contribution in [-0.2, 0) is 0 Å². The van der Waals surface area contributed by atoms with E-state index in [4.69, 9.17) is 4.74 Å². The van der Waals surface area contributed by atoms with E-state index in [1.54, 1.807) is 0 Å². The molecular weight excluding hydrogens is 224 g/mol. The van der Waals surface area contributed by atoms with Gasteiger partial charge in [0.1, 0.15) is 5.75 Å². The minimum Gasteiger partial charge on any atom is -0.494 e. The van der Waals surface area contributed by atoms with Gasteiger partial charge in [0.2, 0.25) is 0 Å². The van der Waals surface area contributed by atoms with Gasteiger partial charge in [-0.1, -0.05) is 24.3 Å². The number of hydrogen-bond acceptors (Lipinski definition) is 2. The molecule has 0 saturated heterocycles. The Morgan fingerprint density at radius 3 is 2.89 bits per heavy atom. The van der Waals surface area contributed by atoms with E-state index < -0.39 is 0 Å². The second-order valence-electron chi connectivity index (χ2n) is 4.13. The second kappa shape index (κ2) is 4.53. The van der Waals surface area contributed by atoms with Crippen LogP contribution in [0.3, 0.4) is 0 Å². The van der Waals surface area contributed by atoms with Gasteiger partial charge in [0.25, 0.3) is 0 Å². The van der Waals surface area contributed by atoms with Crippen LogP contribution in [0.2, 0.25) is 0 Å². The molecule has 0 amide bonds. The van der Waals surface area contributed by atoms with Gasteiger partial charge in [-0.15, -0.1) is 0 Å². The Morgan fingerprint density at radius 1 is 1.11 bits per heavy atom. The first-order valence-corrected chi connectivity index (χ1v) is 6.03. The maximum Gasteiger partial charge on any atom is 0.119 e. The smallest absolute Gasteiger partial charge is 0.119 e. The van der Waals surface area contributed by atoms with Gasteiger partial charge < -0.3 is 4.74 Å². The van der Waals surface area contributed by atoms with Crippen LogP contribution in [0.5, 0.6) is 5.75 Å². The van der Waals surface area contributed by atoms with Gasteiger partial charge in [-0.2, -0.15) is 5.10 Å². The van der Waals surface area contributed by atoms with Crippen molar-refractivity contribution in [2.24, 2.45) is 0 Å². The molecule has 0 spiro atoms. The lowest BCUT2D eigenvalue weighted by Crippen LogP contribution is -1.91. The summed E-state index contributed by atoms with van der Waals surface area (Å²) >= 11 is 0. The minimum atomic E-state index is 0.684. The molecule has 1 aromatic heterocycles. The highest BCUT2D eigenvalue weighted by molar-refractivity contribution is 5.83. The van der Waals surface area contributed by atoms with Crippen LogP contribution in [0, 0.1) is 0 Å². The fourth-order valence-corrected chi connectivity index (χ4v) is 2.05. The lowest BCUT2D eigenvalue weighted by Gasteiger charge is -2.06. The van der Waals surface area contributed by atoms with Crippen LogP contribution >= 0.6 is 0 Å². The number of rotatable bonds is 3. The number of aromatic nitrogens is 2. The molecule has 2 aromatic carbocycles. The van der Waals surface area contributed by atoms with Crippen LogP contribution in [0.1, 0.15) is 6.92 Å². The predicted molar refractivity (Wildman–Crippen MR) is 72.7 cm³/mol. The van der Waals surface area contributed by atoms with Crippen LogP contribution in [0.4, 0.5) is 0 Å². The molecule has 0 aliphatic heterocycles. The summed E-state index contributed by atoms with van der Waals surface area (Å²) in [5.74, 6) is 0.903. The van der Waals surface area contributed by atoms with E-state index in [1.165, 1.54) is 0 Å². The summed E-state index contributed by atoms with van der Waals surface area (Å²) in [5.41, 5.74) is 3.36. The third-order valence-corrected chi connectivity index (χ3v) is 2.92. The van der Waals surface area contributed by atoms with E-state index in [0.29, 0.717) is 6.61 Å². The number of aromatic amines is 1. The molecule has 3 nitrogen and oxygen atoms in total. The molecule has 0 unspecified atom stereocenters. The number of H-pyrrole nitrogens is 1. The third-order valence-electron chi connectivity index (χ3n) is 2.92. The number of hydrogen-bond donors (Lipinski definition) is 1. The lowest BCUT2D eigenvalue weighted by atomic mass is 10.0. The molecule has 3 heteroatoms. The van der Waals surface area contributed by atoms with Crippen molar-refractivity contribution in [1.82, 2.24) is 10.2 Å². The first kappa shape index (κ1) is 10.8. The van der Waals surface area contributed by atoms with Gasteiger partial charge in [-0.05, 0) is 36.2 Å². The van der Waals surface area contributed by atoms with Crippen molar-refractivity contribution in [1.29, 1.82) is 0 Å². The van der Waals surface area contributed by atoms with Crippen LogP contribution in [0.15, 0.2) is 48.7 Å². The normalized spacial score (nSPS) is 10.7. The summed E-state index contributed by atoms with van der Waals surface area (Å²) in [5, 5.41) is 8.15. The van der Waals surface area contributed by atoms with Gasteiger partial charge in [0, 0.05) is 5.39 Å². The number of fused-ring (bicyclic) bond motifs is 1. The van der Waals surface area contributed by atoms with Crippen LogP contribution in [0.25, 0.3) is 22.0 Å². The number of nitrogens with zero attached hydrogens (tertiary/aromatic N) is 1. The van der Waals surface area contributed by atoms with Crippen LogP contribution < -0.4 is 4.74 Å². The predicted octanol–water partition coefficient (Wildman–Crippen LogP) is 3.63. The van der Waals surface area contributed by atoms with Gasteiger partial charge >= 0.3 is 0 Å². The third kappa shape index (κ3) is 1.95. The van der Waals surface area contributed by atoms with E-state index in [2.05, 4.69) is 40.5 Å². The molecule has 1 heterocycles. The van der Waals surface area contributed by atoms with Crippen molar-refractivity contribution < 1.29 is 4.74 Å². The molecular formula is C15H14N2O. The SMILES string of the molecule is CCOc1cccc(-c2ccc3cn[nH]c3c2)c1. The first-order valence-electron chi connectivity index (χ1n) is 6.03. The van der Waals surface area contributed by atoms with E-state index in [-0.39, 0.29) is 0 Å². The zero-order valence-electron chi connectivity index (χ0n) is 10.2. The first-order chi connectivity index (χ1) is 8.86. The zero-order valence-corrected chi connectivity index (χ0v) is 10.2. The average molecular weight is 238 g/mol. The summed E-state index contributed by atoms with van der Waals surface area (Å²) < 4.78 is 5.52. The number of ether oxygens (including phenoxy) is 1. The Balaban J connectivity index is 2.04. The van der Waals surface area contributed by atoms with Gasteiger partial charge in [-0.3, -0.25) is 5.10 Å². The van der Waals surface area contributed by atoms with E-state index in [0.717, 1.165) is 27.8 Å². The zero-order chi connectivity index (χ0) is 12.4. The number of nitrogens with one attached hydrogen (secondary N) is 1. The highest BCUT2D eigenvalue weighted by Crippen LogP contribution is 2.26. The Kier molecular flexibility index (Phi) is 2.73. The summed E-state index contributed by atoms with van der Waals surface area (Å²) in [7, 11) is 0. The van der Waals surface area contributed by atoms with Gasteiger partial charge in [0.05, 0.1) is 18.3 Å². The summed E-state index contributed by atoms with van der Waals surface area (Å²) in [6, 6.07) is 14.4. The Labute approximate surface area is 105 Å². The van der Waals surface area contributed by atoms with Crippen LogP contribution in [-0.4, -0.2) is 16.8 Å². The van der Waals surface area contributed by atoms with E-state index >= 15 is 0 Å². The second-order valence-corrected chi connectivity index (χ2v) is 4.13. The minimum absolute atomic E-state index is 0.684. The fraction of sp³-hybridized carbons (Fsp3) is 0.133.